The van der Waals surface area contributed by atoms with Crippen LogP contribution in [0.3, 0.4) is 0 Å². The van der Waals surface area contributed by atoms with Crippen LogP contribution in [-0.4, -0.2) is 48.4 Å². The number of rotatable bonds is 9. The number of imide groups is 1. The van der Waals surface area contributed by atoms with Gasteiger partial charge in [0.05, 0.1) is 23.1 Å². The Kier molecular flexibility index (Phi) is 8.19. The van der Waals surface area contributed by atoms with Gasteiger partial charge in [-0.2, -0.15) is 0 Å². The van der Waals surface area contributed by atoms with Crippen molar-refractivity contribution in [1.82, 2.24) is 4.90 Å². The first kappa shape index (κ1) is 22.1. The maximum atomic E-state index is 12.4. The summed E-state index contributed by atoms with van der Waals surface area (Å²) in [5, 5.41) is -0.0714. The molecule has 1 aliphatic rings. The van der Waals surface area contributed by atoms with Gasteiger partial charge < -0.3 is 14.2 Å². The molecule has 0 atom stereocenters. The summed E-state index contributed by atoms with van der Waals surface area (Å²) in [6, 6.07) is 3.22. The number of hydrogen-bond acceptors (Lipinski definition) is 7. The molecular formula is C19H22ClNO6S. The molecular weight excluding hydrogens is 406 g/mol. The Labute approximate surface area is 172 Å². The summed E-state index contributed by atoms with van der Waals surface area (Å²) in [6.45, 7) is 6.08. The molecule has 1 saturated heterocycles. The molecule has 1 aliphatic heterocycles. The van der Waals surface area contributed by atoms with E-state index in [4.69, 9.17) is 25.8 Å². The van der Waals surface area contributed by atoms with Crippen molar-refractivity contribution in [3.63, 3.8) is 0 Å². The van der Waals surface area contributed by atoms with Crippen LogP contribution in [0.4, 0.5) is 4.79 Å². The first-order valence-electron chi connectivity index (χ1n) is 8.91. The lowest BCUT2D eigenvalue weighted by molar-refractivity contribution is -0.145. The van der Waals surface area contributed by atoms with Crippen LogP contribution in [-0.2, 0) is 14.3 Å². The van der Waals surface area contributed by atoms with Crippen LogP contribution < -0.4 is 9.47 Å². The fourth-order valence-corrected chi connectivity index (χ4v) is 3.61. The molecule has 0 aliphatic carbocycles. The molecule has 0 spiro atoms. The minimum atomic E-state index is -0.519. The van der Waals surface area contributed by atoms with Crippen molar-refractivity contribution in [1.29, 1.82) is 0 Å². The van der Waals surface area contributed by atoms with Gasteiger partial charge in [0, 0.05) is 6.54 Å². The number of carbonyl (C=O) groups excluding carboxylic acids is 3. The van der Waals surface area contributed by atoms with E-state index in [1.165, 1.54) is 4.90 Å². The van der Waals surface area contributed by atoms with E-state index in [0.717, 1.165) is 11.8 Å². The van der Waals surface area contributed by atoms with Crippen molar-refractivity contribution in [2.24, 2.45) is 0 Å². The molecule has 9 heteroatoms. The van der Waals surface area contributed by atoms with Crippen LogP contribution in [0.25, 0.3) is 6.08 Å². The highest BCUT2D eigenvalue weighted by Crippen LogP contribution is 2.39. The lowest BCUT2D eigenvalue weighted by Gasteiger charge is -2.14. The molecule has 1 aromatic carbocycles. The van der Waals surface area contributed by atoms with Gasteiger partial charge in [-0.1, -0.05) is 18.5 Å². The highest BCUT2D eigenvalue weighted by atomic mass is 35.5. The van der Waals surface area contributed by atoms with Gasteiger partial charge in [0.15, 0.2) is 18.1 Å². The van der Waals surface area contributed by atoms with Crippen molar-refractivity contribution < 1.29 is 28.6 Å². The SMILES string of the molecule is CCCN1C(=O)S/C(=C/c2cc(Cl)c(OCC(=O)OCC)c(OCC)c2)C1=O. The fourth-order valence-electron chi connectivity index (χ4n) is 2.48. The van der Waals surface area contributed by atoms with Crippen molar-refractivity contribution in [2.45, 2.75) is 27.2 Å². The van der Waals surface area contributed by atoms with E-state index in [-0.39, 0.29) is 35.1 Å². The summed E-state index contributed by atoms with van der Waals surface area (Å²) in [5.74, 6) is -0.297. The zero-order chi connectivity index (χ0) is 20.7. The van der Waals surface area contributed by atoms with Crippen LogP contribution in [0.1, 0.15) is 32.8 Å². The molecule has 0 aromatic heterocycles. The summed E-state index contributed by atoms with van der Waals surface area (Å²) < 4.78 is 15.9. The normalized spacial score (nSPS) is 15.3. The van der Waals surface area contributed by atoms with E-state index < -0.39 is 5.97 Å². The predicted molar refractivity (Wildman–Crippen MR) is 108 cm³/mol. The second-order valence-electron chi connectivity index (χ2n) is 5.69. The molecule has 0 bridgehead atoms. The number of halogens is 1. The third kappa shape index (κ3) is 5.42. The molecule has 1 heterocycles. The Morgan fingerprint density at radius 2 is 1.93 bits per heavy atom. The number of nitrogens with zero attached hydrogens (tertiary/aromatic N) is 1. The lowest BCUT2D eigenvalue weighted by Crippen LogP contribution is -2.28. The zero-order valence-corrected chi connectivity index (χ0v) is 17.5. The smallest absolute Gasteiger partial charge is 0.344 e. The maximum absolute atomic E-state index is 12.4. The first-order chi connectivity index (χ1) is 13.4. The number of thioether (sulfide) groups is 1. The second kappa shape index (κ2) is 10.4. The number of carbonyl (C=O) groups is 3. The Hall–Kier alpha value is -2.19. The van der Waals surface area contributed by atoms with E-state index in [9.17, 15) is 14.4 Å². The van der Waals surface area contributed by atoms with Crippen molar-refractivity contribution in [2.75, 3.05) is 26.4 Å². The van der Waals surface area contributed by atoms with E-state index in [1.54, 1.807) is 32.1 Å². The summed E-state index contributed by atoms with van der Waals surface area (Å²) >= 11 is 7.19. The first-order valence-corrected chi connectivity index (χ1v) is 10.1. The average Bonchev–Trinajstić information content (AvgIpc) is 2.89. The number of ether oxygens (including phenoxy) is 3. The van der Waals surface area contributed by atoms with E-state index in [2.05, 4.69) is 0 Å². The van der Waals surface area contributed by atoms with Crippen LogP contribution >= 0.6 is 23.4 Å². The van der Waals surface area contributed by atoms with Crippen LogP contribution in [0.5, 0.6) is 11.5 Å². The van der Waals surface area contributed by atoms with Gasteiger partial charge in [-0.3, -0.25) is 14.5 Å². The lowest BCUT2D eigenvalue weighted by atomic mass is 10.1. The average molecular weight is 428 g/mol. The molecule has 0 unspecified atom stereocenters. The van der Waals surface area contributed by atoms with Crippen molar-refractivity contribution in [3.05, 3.63) is 27.6 Å². The van der Waals surface area contributed by atoms with Crippen LogP contribution in [0.2, 0.25) is 5.02 Å². The number of amides is 2. The minimum absolute atomic E-state index is 0.216. The molecule has 0 radical (unpaired) electrons. The summed E-state index contributed by atoms with van der Waals surface area (Å²) in [7, 11) is 0. The predicted octanol–water partition coefficient (Wildman–Crippen LogP) is 4.13. The topological polar surface area (TPSA) is 82.1 Å². The molecule has 7 nitrogen and oxygen atoms in total. The summed E-state index contributed by atoms with van der Waals surface area (Å²) in [6.07, 6.45) is 2.28. The standard InChI is InChI=1S/C19H22ClNO6S/c1-4-7-21-18(23)15(28-19(21)24)10-12-8-13(20)17(14(9-12)25-5-2)27-11-16(22)26-6-3/h8-10H,4-7,11H2,1-3H3/b15-10+. The molecule has 1 aromatic rings. The molecule has 2 amide bonds. The van der Waals surface area contributed by atoms with Gasteiger partial charge in [0.2, 0.25) is 0 Å². The van der Waals surface area contributed by atoms with E-state index in [1.807, 2.05) is 6.92 Å². The minimum Gasteiger partial charge on any atom is -0.490 e. The monoisotopic (exact) mass is 427 g/mol. The fraction of sp³-hybridized carbons (Fsp3) is 0.421. The van der Waals surface area contributed by atoms with Gasteiger partial charge in [-0.15, -0.1) is 0 Å². The Morgan fingerprint density at radius 1 is 1.18 bits per heavy atom. The molecule has 0 N–H and O–H groups in total. The molecule has 2 rings (SSSR count). The maximum Gasteiger partial charge on any atom is 0.344 e. The number of benzene rings is 1. The van der Waals surface area contributed by atoms with E-state index in [0.29, 0.717) is 35.8 Å². The molecule has 0 saturated carbocycles. The van der Waals surface area contributed by atoms with Gasteiger partial charge >= 0.3 is 5.97 Å². The largest absolute Gasteiger partial charge is 0.490 e. The second-order valence-corrected chi connectivity index (χ2v) is 7.09. The van der Waals surface area contributed by atoms with Gasteiger partial charge in [-0.25, -0.2) is 4.79 Å². The van der Waals surface area contributed by atoms with E-state index >= 15 is 0 Å². The number of esters is 1. The number of hydrogen-bond donors (Lipinski definition) is 0. The summed E-state index contributed by atoms with van der Waals surface area (Å²) in [5.41, 5.74) is 0.582. The third-order valence-electron chi connectivity index (χ3n) is 3.59. The Morgan fingerprint density at radius 3 is 2.57 bits per heavy atom. The quantitative estimate of drug-likeness (QED) is 0.433. The van der Waals surface area contributed by atoms with Gasteiger partial charge in [0.25, 0.3) is 11.1 Å². The zero-order valence-electron chi connectivity index (χ0n) is 16.0. The molecule has 28 heavy (non-hydrogen) atoms. The molecule has 152 valence electrons. The highest BCUT2D eigenvalue weighted by molar-refractivity contribution is 8.18. The van der Waals surface area contributed by atoms with Crippen molar-refractivity contribution >= 4 is 46.6 Å². The van der Waals surface area contributed by atoms with Gasteiger partial charge in [-0.05, 0) is 55.8 Å². The summed E-state index contributed by atoms with van der Waals surface area (Å²) in [4.78, 5) is 37.4. The third-order valence-corrected chi connectivity index (χ3v) is 4.78. The Bertz CT molecular complexity index is 795. The van der Waals surface area contributed by atoms with Crippen LogP contribution in [0, 0.1) is 0 Å². The molecule has 1 fully saturated rings. The van der Waals surface area contributed by atoms with Crippen molar-refractivity contribution in [3.8, 4) is 11.5 Å². The highest BCUT2D eigenvalue weighted by Gasteiger charge is 2.34. The van der Waals surface area contributed by atoms with Crippen LogP contribution in [0.15, 0.2) is 17.0 Å². The van der Waals surface area contributed by atoms with Gasteiger partial charge in [0.1, 0.15) is 0 Å². The Balaban J connectivity index is 2.28.